The fourth-order valence-electron chi connectivity index (χ4n) is 4.07. The fourth-order valence-corrected chi connectivity index (χ4v) is 4.07. The van der Waals surface area contributed by atoms with Crippen molar-refractivity contribution in [2.45, 2.75) is 38.4 Å². The summed E-state index contributed by atoms with van der Waals surface area (Å²) in [7, 11) is 5.36. The van der Waals surface area contributed by atoms with Crippen molar-refractivity contribution in [3.05, 3.63) is 71.3 Å². The molecular formula is C25H35N5O. The number of likely N-dealkylation sites (tertiary alicyclic amines) is 1. The van der Waals surface area contributed by atoms with Crippen molar-refractivity contribution in [1.29, 1.82) is 0 Å². The summed E-state index contributed by atoms with van der Waals surface area (Å²) >= 11 is 0. The summed E-state index contributed by atoms with van der Waals surface area (Å²) in [5.74, 6) is 0.863. The summed E-state index contributed by atoms with van der Waals surface area (Å²) in [6.07, 6.45) is 1.93. The predicted molar refractivity (Wildman–Crippen MR) is 127 cm³/mol. The summed E-state index contributed by atoms with van der Waals surface area (Å²) in [5.41, 5.74) is 3.22. The first kappa shape index (κ1) is 22.8. The maximum absolute atomic E-state index is 12.2. The SMILES string of the molecule is CN=C(NCCc1cccc(C(=O)N(C)C)c1)NC1CC(C)N(Cc2ccccc2)C1. The van der Waals surface area contributed by atoms with Gasteiger partial charge in [-0.15, -0.1) is 0 Å². The number of rotatable bonds is 7. The van der Waals surface area contributed by atoms with Gasteiger partial charge in [0.1, 0.15) is 0 Å². The quantitative estimate of drug-likeness (QED) is 0.533. The molecule has 31 heavy (non-hydrogen) atoms. The van der Waals surface area contributed by atoms with E-state index in [0.717, 1.165) is 49.6 Å². The van der Waals surface area contributed by atoms with E-state index in [0.29, 0.717) is 12.1 Å². The van der Waals surface area contributed by atoms with Crippen molar-refractivity contribution in [3.8, 4) is 0 Å². The predicted octanol–water partition coefficient (Wildman–Crippen LogP) is 2.76. The van der Waals surface area contributed by atoms with Crippen LogP contribution >= 0.6 is 0 Å². The molecule has 1 saturated heterocycles. The average Bonchev–Trinajstić information content (AvgIpc) is 3.11. The number of nitrogens with one attached hydrogen (secondary N) is 2. The molecule has 2 N–H and O–H groups in total. The van der Waals surface area contributed by atoms with E-state index in [1.54, 1.807) is 19.0 Å². The molecule has 1 aliphatic heterocycles. The summed E-state index contributed by atoms with van der Waals surface area (Å²) in [4.78, 5) is 20.7. The van der Waals surface area contributed by atoms with E-state index in [4.69, 9.17) is 0 Å². The fraction of sp³-hybridized carbons (Fsp3) is 0.440. The van der Waals surface area contributed by atoms with Crippen molar-refractivity contribution < 1.29 is 4.79 Å². The first-order valence-corrected chi connectivity index (χ1v) is 11.0. The molecule has 0 radical (unpaired) electrons. The monoisotopic (exact) mass is 421 g/mol. The minimum absolute atomic E-state index is 0.0303. The third kappa shape index (κ3) is 6.56. The van der Waals surface area contributed by atoms with Gasteiger partial charge >= 0.3 is 0 Å². The average molecular weight is 422 g/mol. The molecule has 1 amide bonds. The zero-order valence-electron chi connectivity index (χ0n) is 19.1. The molecule has 166 valence electrons. The molecule has 2 aromatic rings. The van der Waals surface area contributed by atoms with E-state index >= 15 is 0 Å². The highest BCUT2D eigenvalue weighted by atomic mass is 16.2. The van der Waals surface area contributed by atoms with E-state index < -0.39 is 0 Å². The van der Waals surface area contributed by atoms with Gasteiger partial charge in [-0.2, -0.15) is 0 Å². The van der Waals surface area contributed by atoms with Crippen molar-refractivity contribution in [2.75, 3.05) is 34.2 Å². The number of nitrogens with zero attached hydrogens (tertiary/aromatic N) is 3. The topological polar surface area (TPSA) is 60.0 Å². The molecule has 6 nitrogen and oxygen atoms in total. The van der Waals surface area contributed by atoms with E-state index in [-0.39, 0.29) is 5.91 Å². The van der Waals surface area contributed by atoms with Gasteiger partial charge in [0.2, 0.25) is 0 Å². The number of guanidine groups is 1. The highest BCUT2D eigenvalue weighted by molar-refractivity contribution is 5.94. The van der Waals surface area contributed by atoms with Gasteiger partial charge in [-0.1, -0.05) is 42.5 Å². The largest absolute Gasteiger partial charge is 0.356 e. The lowest BCUT2D eigenvalue weighted by atomic mass is 10.1. The van der Waals surface area contributed by atoms with Crippen LogP contribution in [-0.4, -0.2) is 68.0 Å². The molecule has 0 saturated carbocycles. The van der Waals surface area contributed by atoms with Crippen molar-refractivity contribution >= 4 is 11.9 Å². The maximum Gasteiger partial charge on any atom is 0.253 e. The van der Waals surface area contributed by atoms with Crippen LogP contribution in [0.15, 0.2) is 59.6 Å². The third-order valence-electron chi connectivity index (χ3n) is 5.78. The number of amides is 1. The molecule has 1 aliphatic rings. The highest BCUT2D eigenvalue weighted by Gasteiger charge is 2.29. The summed E-state index contributed by atoms with van der Waals surface area (Å²) in [5, 5.41) is 7.00. The Morgan fingerprint density at radius 2 is 1.87 bits per heavy atom. The number of hydrogen-bond donors (Lipinski definition) is 2. The molecule has 1 heterocycles. The van der Waals surface area contributed by atoms with Gasteiger partial charge in [0.25, 0.3) is 5.91 Å². The second kappa shape index (κ2) is 11.0. The van der Waals surface area contributed by atoms with Crippen LogP contribution in [0.2, 0.25) is 0 Å². The maximum atomic E-state index is 12.2. The van der Waals surface area contributed by atoms with Gasteiger partial charge in [0.15, 0.2) is 5.96 Å². The Bertz CT molecular complexity index is 880. The van der Waals surface area contributed by atoms with Crippen LogP contribution in [0.25, 0.3) is 0 Å². The van der Waals surface area contributed by atoms with Gasteiger partial charge in [0, 0.05) is 58.4 Å². The lowest BCUT2D eigenvalue weighted by Gasteiger charge is -2.21. The molecular weight excluding hydrogens is 386 g/mol. The zero-order chi connectivity index (χ0) is 22.2. The van der Waals surface area contributed by atoms with E-state index in [1.165, 1.54) is 5.56 Å². The standard InChI is InChI=1S/C25H35N5O/c1-19-15-23(18-30(19)17-21-9-6-5-7-10-21)28-25(26-2)27-14-13-20-11-8-12-22(16-20)24(31)29(3)4/h5-12,16,19,23H,13-15,17-18H2,1-4H3,(H2,26,27,28). The second-order valence-electron chi connectivity index (χ2n) is 8.49. The lowest BCUT2D eigenvalue weighted by molar-refractivity contribution is 0.0827. The Morgan fingerprint density at radius 1 is 1.13 bits per heavy atom. The molecule has 6 heteroatoms. The molecule has 2 aromatic carbocycles. The van der Waals surface area contributed by atoms with E-state index in [1.807, 2.05) is 25.2 Å². The first-order valence-electron chi connectivity index (χ1n) is 11.0. The van der Waals surface area contributed by atoms with Crippen LogP contribution in [0, 0.1) is 0 Å². The number of carbonyl (C=O) groups is 1. The van der Waals surface area contributed by atoms with Gasteiger partial charge in [0.05, 0.1) is 0 Å². The highest BCUT2D eigenvalue weighted by Crippen LogP contribution is 2.20. The van der Waals surface area contributed by atoms with Gasteiger partial charge < -0.3 is 15.5 Å². The molecule has 3 rings (SSSR count). The summed E-state index contributed by atoms with van der Waals surface area (Å²) < 4.78 is 0. The summed E-state index contributed by atoms with van der Waals surface area (Å²) in [6.45, 7) is 5.04. The molecule has 0 bridgehead atoms. The molecule has 2 unspecified atom stereocenters. The Morgan fingerprint density at radius 3 is 2.58 bits per heavy atom. The minimum Gasteiger partial charge on any atom is -0.356 e. The number of carbonyl (C=O) groups excluding carboxylic acids is 1. The molecule has 1 fully saturated rings. The van der Waals surface area contributed by atoms with Gasteiger partial charge in [-0.3, -0.25) is 14.7 Å². The van der Waals surface area contributed by atoms with Crippen LogP contribution in [0.3, 0.4) is 0 Å². The smallest absolute Gasteiger partial charge is 0.253 e. The van der Waals surface area contributed by atoms with Crippen LogP contribution in [0.5, 0.6) is 0 Å². The Kier molecular flexibility index (Phi) is 8.06. The van der Waals surface area contributed by atoms with E-state index in [2.05, 4.69) is 63.8 Å². The van der Waals surface area contributed by atoms with Gasteiger partial charge in [-0.05, 0) is 43.0 Å². The molecule has 0 spiro atoms. The first-order chi connectivity index (χ1) is 15.0. The molecule has 2 atom stereocenters. The van der Waals surface area contributed by atoms with Crippen LogP contribution < -0.4 is 10.6 Å². The number of aliphatic imine (C=N–C) groups is 1. The number of hydrogen-bond acceptors (Lipinski definition) is 3. The van der Waals surface area contributed by atoms with E-state index in [9.17, 15) is 4.79 Å². The lowest BCUT2D eigenvalue weighted by Crippen LogP contribution is -2.45. The zero-order valence-corrected chi connectivity index (χ0v) is 19.1. The Labute approximate surface area is 186 Å². The summed E-state index contributed by atoms with van der Waals surface area (Å²) in [6, 6.07) is 19.4. The second-order valence-corrected chi connectivity index (χ2v) is 8.49. The molecule has 0 aliphatic carbocycles. The van der Waals surface area contributed by atoms with Crippen molar-refractivity contribution in [1.82, 2.24) is 20.4 Å². The van der Waals surface area contributed by atoms with Crippen LogP contribution in [-0.2, 0) is 13.0 Å². The Balaban J connectivity index is 1.47. The van der Waals surface area contributed by atoms with Crippen LogP contribution in [0.4, 0.5) is 0 Å². The van der Waals surface area contributed by atoms with Crippen LogP contribution in [0.1, 0.15) is 34.8 Å². The van der Waals surface area contributed by atoms with Gasteiger partial charge in [-0.25, -0.2) is 0 Å². The minimum atomic E-state index is 0.0303. The number of benzene rings is 2. The van der Waals surface area contributed by atoms with Crippen molar-refractivity contribution in [3.63, 3.8) is 0 Å². The third-order valence-corrected chi connectivity index (χ3v) is 5.78. The normalized spacial score (nSPS) is 19.3. The van der Waals surface area contributed by atoms with Crippen molar-refractivity contribution in [2.24, 2.45) is 4.99 Å². The Hall–Kier alpha value is -2.86. The molecule has 0 aromatic heterocycles.